The molecule has 24 heavy (non-hydrogen) atoms. The summed E-state index contributed by atoms with van der Waals surface area (Å²) in [5.41, 5.74) is -0.995. The van der Waals surface area contributed by atoms with Crippen LogP contribution in [0, 0.1) is 16.7 Å². The van der Waals surface area contributed by atoms with Crippen LogP contribution in [0.1, 0.15) is 24.1 Å². The largest absolute Gasteiger partial charge is 0.381 e. The summed E-state index contributed by atoms with van der Waals surface area (Å²) in [6, 6.07) is 6.17. The SMILES string of the molecule is N#CC1(C(=O)NC[C@@H]2C[C@H](F)CN2Cc2cccs2)CCOCC1. The van der Waals surface area contributed by atoms with Crippen LogP contribution in [0.4, 0.5) is 4.39 Å². The van der Waals surface area contributed by atoms with Crippen LogP contribution in [0.2, 0.25) is 0 Å². The highest BCUT2D eigenvalue weighted by atomic mass is 32.1. The normalized spacial score (nSPS) is 26.8. The van der Waals surface area contributed by atoms with Gasteiger partial charge in [0.05, 0.1) is 6.07 Å². The third kappa shape index (κ3) is 3.77. The molecule has 0 saturated carbocycles. The van der Waals surface area contributed by atoms with E-state index in [2.05, 4.69) is 16.3 Å². The maximum Gasteiger partial charge on any atom is 0.240 e. The first kappa shape index (κ1) is 17.3. The molecule has 1 amide bonds. The second-order valence-corrected chi connectivity index (χ2v) is 7.54. The lowest BCUT2D eigenvalue weighted by atomic mass is 9.81. The molecule has 2 fully saturated rings. The highest BCUT2D eigenvalue weighted by molar-refractivity contribution is 7.09. The molecule has 1 aromatic heterocycles. The van der Waals surface area contributed by atoms with Crippen molar-refractivity contribution in [1.82, 2.24) is 10.2 Å². The second kappa shape index (κ2) is 7.60. The van der Waals surface area contributed by atoms with Gasteiger partial charge in [0.15, 0.2) is 0 Å². The first-order valence-electron chi connectivity index (χ1n) is 8.31. The van der Waals surface area contributed by atoms with Crippen LogP contribution in [-0.4, -0.2) is 49.3 Å². The Morgan fingerprint density at radius 3 is 3.00 bits per heavy atom. The zero-order chi connectivity index (χ0) is 17.0. The Labute approximate surface area is 145 Å². The molecule has 5 nitrogen and oxygen atoms in total. The van der Waals surface area contributed by atoms with Crippen LogP contribution in [0.3, 0.4) is 0 Å². The fraction of sp³-hybridized carbons (Fsp3) is 0.647. The summed E-state index contributed by atoms with van der Waals surface area (Å²) in [4.78, 5) is 15.8. The molecule has 130 valence electrons. The molecule has 3 rings (SSSR count). The van der Waals surface area contributed by atoms with Gasteiger partial charge in [0.25, 0.3) is 0 Å². The third-order valence-corrected chi connectivity index (χ3v) is 5.77. The smallest absolute Gasteiger partial charge is 0.240 e. The van der Waals surface area contributed by atoms with Crippen molar-refractivity contribution in [3.63, 3.8) is 0 Å². The Morgan fingerprint density at radius 2 is 2.33 bits per heavy atom. The molecule has 0 bridgehead atoms. The van der Waals surface area contributed by atoms with E-state index < -0.39 is 11.6 Å². The minimum atomic E-state index is -0.995. The van der Waals surface area contributed by atoms with Crippen LogP contribution >= 0.6 is 11.3 Å². The van der Waals surface area contributed by atoms with Gasteiger partial charge < -0.3 is 10.1 Å². The van der Waals surface area contributed by atoms with Crippen molar-refractivity contribution in [1.29, 1.82) is 5.26 Å². The van der Waals surface area contributed by atoms with Crippen molar-refractivity contribution in [2.24, 2.45) is 5.41 Å². The van der Waals surface area contributed by atoms with Crippen LogP contribution in [0.25, 0.3) is 0 Å². The van der Waals surface area contributed by atoms with Gasteiger partial charge in [0.1, 0.15) is 11.6 Å². The van der Waals surface area contributed by atoms with Crippen LogP contribution in [0.15, 0.2) is 17.5 Å². The maximum atomic E-state index is 13.9. The zero-order valence-corrected chi connectivity index (χ0v) is 14.4. The van der Waals surface area contributed by atoms with E-state index >= 15 is 0 Å². The maximum absolute atomic E-state index is 13.9. The number of nitriles is 1. The van der Waals surface area contributed by atoms with Crippen molar-refractivity contribution in [3.05, 3.63) is 22.4 Å². The number of halogens is 1. The number of nitrogens with zero attached hydrogens (tertiary/aromatic N) is 2. The predicted molar refractivity (Wildman–Crippen MR) is 89.1 cm³/mol. The Morgan fingerprint density at radius 1 is 1.54 bits per heavy atom. The Bertz CT molecular complexity index is 595. The lowest BCUT2D eigenvalue weighted by Crippen LogP contribution is -2.47. The van der Waals surface area contributed by atoms with Crippen LogP contribution < -0.4 is 5.32 Å². The monoisotopic (exact) mass is 351 g/mol. The number of rotatable bonds is 5. The van der Waals surface area contributed by atoms with Gasteiger partial charge in [-0.3, -0.25) is 9.69 Å². The highest BCUT2D eigenvalue weighted by Gasteiger charge is 2.41. The number of carbonyl (C=O) groups is 1. The molecule has 0 spiro atoms. The number of likely N-dealkylation sites (tertiary alicyclic amines) is 1. The third-order valence-electron chi connectivity index (χ3n) is 4.91. The molecule has 1 N–H and O–H groups in total. The van der Waals surface area contributed by atoms with E-state index in [0.29, 0.717) is 52.1 Å². The van der Waals surface area contributed by atoms with Gasteiger partial charge in [-0.15, -0.1) is 11.3 Å². The van der Waals surface area contributed by atoms with E-state index in [1.165, 1.54) is 4.88 Å². The summed E-state index contributed by atoms with van der Waals surface area (Å²) in [5, 5.41) is 14.3. The number of carbonyl (C=O) groups excluding carboxylic acids is 1. The van der Waals surface area contributed by atoms with E-state index in [1.807, 2.05) is 17.5 Å². The predicted octanol–water partition coefficient (Wildman–Crippen LogP) is 2.10. The van der Waals surface area contributed by atoms with Crippen molar-refractivity contribution in [3.8, 4) is 6.07 Å². The first-order valence-corrected chi connectivity index (χ1v) is 9.19. The number of amides is 1. The Balaban J connectivity index is 1.58. The summed E-state index contributed by atoms with van der Waals surface area (Å²) >= 11 is 1.65. The van der Waals surface area contributed by atoms with Crippen molar-refractivity contribution >= 4 is 17.2 Å². The summed E-state index contributed by atoms with van der Waals surface area (Å²) in [5.74, 6) is -0.244. The quantitative estimate of drug-likeness (QED) is 0.882. The molecule has 3 heterocycles. The lowest BCUT2D eigenvalue weighted by Gasteiger charge is -2.30. The molecule has 2 atom stereocenters. The number of alkyl halides is 1. The standard InChI is InChI=1S/C17H22FN3O2S/c18-13-8-14(21(10-13)11-15-2-1-7-24-15)9-20-16(22)17(12-19)3-5-23-6-4-17/h1-2,7,13-14H,3-6,8-11H2,(H,20,22)/t13-,14-/m0/s1. The van der Waals surface area contributed by atoms with Gasteiger partial charge >= 0.3 is 0 Å². The highest BCUT2D eigenvalue weighted by Crippen LogP contribution is 2.30. The average Bonchev–Trinajstić information content (AvgIpc) is 3.23. The van der Waals surface area contributed by atoms with Crippen molar-refractivity contribution in [2.75, 3.05) is 26.3 Å². The molecule has 0 aliphatic carbocycles. The minimum absolute atomic E-state index is 0.0263. The van der Waals surface area contributed by atoms with E-state index in [1.54, 1.807) is 11.3 Å². The van der Waals surface area contributed by atoms with Crippen LogP contribution in [0.5, 0.6) is 0 Å². The van der Waals surface area contributed by atoms with Gasteiger partial charge in [-0.1, -0.05) is 6.07 Å². The molecular formula is C17H22FN3O2S. The summed E-state index contributed by atoms with van der Waals surface area (Å²) in [6.45, 7) is 2.35. The lowest BCUT2D eigenvalue weighted by molar-refractivity contribution is -0.132. The topological polar surface area (TPSA) is 65.4 Å². The second-order valence-electron chi connectivity index (χ2n) is 6.51. The average molecular weight is 351 g/mol. The number of hydrogen-bond acceptors (Lipinski definition) is 5. The molecular weight excluding hydrogens is 329 g/mol. The van der Waals surface area contributed by atoms with Crippen molar-refractivity contribution in [2.45, 2.75) is 38.0 Å². The fourth-order valence-electron chi connectivity index (χ4n) is 3.42. The number of ether oxygens (including phenoxy) is 1. The summed E-state index contributed by atoms with van der Waals surface area (Å²) in [7, 11) is 0. The van der Waals surface area contributed by atoms with Gasteiger partial charge in [0, 0.05) is 43.8 Å². The fourth-order valence-corrected chi connectivity index (χ4v) is 4.15. The Kier molecular flexibility index (Phi) is 5.49. The molecule has 0 unspecified atom stereocenters. The van der Waals surface area contributed by atoms with Gasteiger partial charge in [-0.2, -0.15) is 5.26 Å². The number of nitrogens with one attached hydrogen (secondary N) is 1. The Hall–Kier alpha value is -1.49. The van der Waals surface area contributed by atoms with Gasteiger partial charge in [-0.25, -0.2) is 4.39 Å². The summed E-state index contributed by atoms with van der Waals surface area (Å²) < 4.78 is 19.1. The molecule has 2 aliphatic heterocycles. The van der Waals surface area contributed by atoms with E-state index in [4.69, 9.17) is 4.74 Å². The van der Waals surface area contributed by atoms with E-state index in [-0.39, 0.29) is 11.9 Å². The molecule has 7 heteroatoms. The van der Waals surface area contributed by atoms with E-state index in [0.717, 1.165) is 0 Å². The number of thiophene rings is 1. The minimum Gasteiger partial charge on any atom is -0.381 e. The van der Waals surface area contributed by atoms with Crippen molar-refractivity contribution < 1.29 is 13.9 Å². The molecule has 2 saturated heterocycles. The van der Waals surface area contributed by atoms with Gasteiger partial charge in [-0.05, 0) is 30.7 Å². The van der Waals surface area contributed by atoms with Gasteiger partial charge in [0.2, 0.25) is 5.91 Å². The molecule has 1 aromatic rings. The van der Waals surface area contributed by atoms with Crippen LogP contribution in [-0.2, 0) is 16.1 Å². The first-order chi connectivity index (χ1) is 11.6. The molecule has 0 aromatic carbocycles. The summed E-state index contributed by atoms with van der Waals surface area (Å²) in [6.07, 6.45) is 0.406. The molecule has 2 aliphatic rings. The zero-order valence-electron chi connectivity index (χ0n) is 13.5. The molecule has 0 radical (unpaired) electrons. The number of hydrogen-bond donors (Lipinski definition) is 1. The van der Waals surface area contributed by atoms with E-state index in [9.17, 15) is 14.4 Å².